The first-order valence-electron chi connectivity index (χ1n) is 9.18. The van der Waals surface area contributed by atoms with Crippen molar-refractivity contribution in [1.82, 2.24) is 0 Å². The quantitative estimate of drug-likeness (QED) is 0.686. The number of methoxy groups -OCH3 is 1. The molecule has 1 N–H and O–H groups in total. The first-order valence-corrected chi connectivity index (χ1v) is 9.18. The Kier molecular flexibility index (Phi) is 6.67. The van der Waals surface area contributed by atoms with Gasteiger partial charge in [-0.2, -0.15) is 0 Å². The van der Waals surface area contributed by atoms with Gasteiger partial charge in [0.05, 0.1) is 25.8 Å². The number of carbonyl (C=O) groups excluding carboxylic acids is 3. The number of hydrogen-bond acceptors (Lipinski definition) is 6. The molecule has 2 amide bonds. The van der Waals surface area contributed by atoms with Crippen LogP contribution >= 0.6 is 0 Å². The minimum Gasteiger partial charge on any atom is -0.492 e. The Morgan fingerprint density at radius 1 is 1.14 bits per heavy atom. The molecule has 1 aliphatic rings. The summed E-state index contributed by atoms with van der Waals surface area (Å²) in [6.07, 6.45) is 0.0273. The van der Waals surface area contributed by atoms with Crippen LogP contribution in [0.15, 0.2) is 48.5 Å². The van der Waals surface area contributed by atoms with Crippen LogP contribution in [0, 0.1) is 0 Å². The smallest absolute Gasteiger partial charge is 0.306 e. The van der Waals surface area contributed by atoms with Gasteiger partial charge < -0.3 is 24.4 Å². The lowest BCUT2D eigenvalue weighted by molar-refractivity contribution is -0.141. The van der Waals surface area contributed by atoms with E-state index in [9.17, 15) is 14.4 Å². The third kappa shape index (κ3) is 5.47. The van der Waals surface area contributed by atoms with Crippen molar-refractivity contribution >= 4 is 29.2 Å². The number of fused-ring (bicyclic) bond motifs is 1. The van der Waals surface area contributed by atoms with Crippen LogP contribution in [0.2, 0.25) is 0 Å². The van der Waals surface area contributed by atoms with Crippen molar-refractivity contribution in [2.45, 2.75) is 12.8 Å². The van der Waals surface area contributed by atoms with E-state index in [2.05, 4.69) is 10.1 Å². The van der Waals surface area contributed by atoms with Gasteiger partial charge in [-0.25, -0.2) is 0 Å². The first kappa shape index (κ1) is 20.2. The summed E-state index contributed by atoms with van der Waals surface area (Å²) < 4.78 is 15.7. The van der Waals surface area contributed by atoms with E-state index in [4.69, 9.17) is 9.47 Å². The third-order valence-corrected chi connectivity index (χ3v) is 4.30. The van der Waals surface area contributed by atoms with Crippen molar-refractivity contribution in [3.63, 3.8) is 0 Å². The van der Waals surface area contributed by atoms with Crippen LogP contribution < -0.4 is 19.7 Å². The van der Waals surface area contributed by atoms with Crippen molar-refractivity contribution in [2.24, 2.45) is 0 Å². The molecule has 0 unspecified atom stereocenters. The second-order valence-electron chi connectivity index (χ2n) is 6.30. The van der Waals surface area contributed by atoms with Gasteiger partial charge in [0.25, 0.3) is 5.91 Å². The Balaban J connectivity index is 1.61. The van der Waals surface area contributed by atoms with Gasteiger partial charge in [-0.3, -0.25) is 14.4 Å². The van der Waals surface area contributed by atoms with E-state index < -0.39 is 5.97 Å². The standard InChI is InChI=1S/C21H22N2O6/c1-27-21(26)10-9-19(24)22-15-7-8-17-18(13-15)29-14-20(25)23(17)11-12-28-16-5-3-2-4-6-16/h2-8,13H,9-12,14H2,1H3,(H,22,24). The number of nitrogens with zero attached hydrogens (tertiary/aromatic N) is 1. The molecule has 1 heterocycles. The molecule has 0 bridgehead atoms. The topological polar surface area (TPSA) is 94.2 Å². The Labute approximate surface area is 168 Å². The monoisotopic (exact) mass is 398 g/mol. The van der Waals surface area contributed by atoms with Crippen LogP contribution in [0.25, 0.3) is 0 Å². The molecule has 0 atom stereocenters. The molecule has 8 heteroatoms. The van der Waals surface area contributed by atoms with Crippen LogP contribution in [-0.4, -0.2) is 44.7 Å². The number of hydrogen-bond donors (Lipinski definition) is 1. The zero-order valence-corrected chi connectivity index (χ0v) is 16.1. The maximum absolute atomic E-state index is 12.3. The van der Waals surface area contributed by atoms with Crippen LogP contribution in [0.4, 0.5) is 11.4 Å². The van der Waals surface area contributed by atoms with Crippen LogP contribution in [-0.2, 0) is 19.1 Å². The molecule has 29 heavy (non-hydrogen) atoms. The highest BCUT2D eigenvalue weighted by Gasteiger charge is 2.25. The summed E-state index contributed by atoms with van der Waals surface area (Å²) in [6.45, 7) is 0.619. The highest BCUT2D eigenvalue weighted by atomic mass is 16.5. The average Bonchev–Trinajstić information content (AvgIpc) is 2.74. The molecule has 0 saturated carbocycles. The van der Waals surface area contributed by atoms with Gasteiger partial charge in [0.1, 0.15) is 18.1 Å². The number of nitrogens with one attached hydrogen (secondary N) is 1. The van der Waals surface area contributed by atoms with E-state index in [-0.39, 0.29) is 31.3 Å². The van der Waals surface area contributed by atoms with Crippen molar-refractivity contribution < 1.29 is 28.6 Å². The van der Waals surface area contributed by atoms with Gasteiger partial charge in [0.15, 0.2) is 6.61 Å². The fraction of sp³-hybridized carbons (Fsp3) is 0.286. The average molecular weight is 398 g/mol. The minimum absolute atomic E-state index is 0.00741. The van der Waals surface area contributed by atoms with E-state index in [1.54, 1.807) is 23.1 Å². The lowest BCUT2D eigenvalue weighted by Crippen LogP contribution is -2.41. The van der Waals surface area contributed by atoms with Crippen molar-refractivity contribution in [3.8, 4) is 11.5 Å². The van der Waals surface area contributed by atoms with Gasteiger partial charge in [0.2, 0.25) is 5.91 Å². The normalized spacial score (nSPS) is 12.6. The number of carbonyl (C=O) groups is 3. The predicted octanol–water partition coefficient (Wildman–Crippen LogP) is 2.38. The predicted molar refractivity (Wildman–Crippen MR) is 106 cm³/mol. The summed E-state index contributed by atoms with van der Waals surface area (Å²) in [6, 6.07) is 14.4. The minimum atomic E-state index is -0.444. The van der Waals surface area contributed by atoms with Crippen molar-refractivity contribution in [2.75, 3.05) is 37.1 Å². The van der Waals surface area contributed by atoms with Gasteiger partial charge in [0, 0.05) is 18.2 Å². The fourth-order valence-electron chi connectivity index (χ4n) is 2.84. The number of para-hydroxylation sites is 1. The van der Waals surface area contributed by atoms with Crippen molar-refractivity contribution in [1.29, 1.82) is 0 Å². The lowest BCUT2D eigenvalue weighted by Gasteiger charge is -2.29. The molecule has 2 aromatic rings. The van der Waals surface area contributed by atoms with E-state index in [1.165, 1.54) is 7.11 Å². The summed E-state index contributed by atoms with van der Waals surface area (Å²) in [5.41, 5.74) is 1.14. The Morgan fingerprint density at radius 3 is 2.69 bits per heavy atom. The highest BCUT2D eigenvalue weighted by molar-refractivity contribution is 5.99. The van der Waals surface area contributed by atoms with Gasteiger partial charge in [-0.05, 0) is 24.3 Å². The molecule has 1 aliphatic heterocycles. The Bertz CT molecular complexity index is 884. The van der Waals surface area contributed by atoms with Crippen LogP contribution in [0.1, 0.15) is 12.8 Å². The lowest BCUT2D eigenvalue weighted by atomic mass is 10.2. The second kappa shape index (κ2) is 9.59. The Morgan fingerprint density at radius 2 is 1.93 bits per heavy atom. The molecule has 0 aliphatic carbocycles. The first-order chi connectivity index (χ1) is 14.1. The number of ether oxygens (including phenoxy) is 3. The second-order valence-corrected chi connectivity index (χ2v) is 6.30. The summed E-state index contributed by atoms with van der Waals surface area (Å²) in [4.78, 5) is 37.0. The van der Waals surface area contributed by atoms with Gasteiger partial charge >= 0.3 is 5.97 Å². The SMILES string of the molecule is COC(=O)CCC(=O)Nc1ccc2c(c1)OCC(=O)N2CCOc1ccccc1. The molecule has 0 fully saturated rings. The molecule has 0 aromatic heterocycles. The van der Waals surface area contributed by atoms with E-state index in [0.717, 1.165) is 5.75 Å². The summed E-state index contributed by atoms with van der Waals surface area (Å²) in [5.74, 6) is 0.314. The number of benzene rings is 2. The maximum Gasteiger partial charge on any atom is 0.306 e. The summed E-state index contributed by atoms with van der Waals surface area (Å²) in [5, 5.41) is 2.71. The molecule has 3 rings (SSSR count). The van der Waals surface area contributed by atoms with E-state index in [1.807, 2.05) is 30.3 Å². The summed E-state index contributed by atoms with van der Waals surface area (Å²) in [7, 11) is 1.28. The van der Waals surface area contributed by atoms with Crippen LogP contribution in [0.3, 0.4) is 0 Å². The molecular weight excluding hydrogens is 376 g/mol. The zero-order valence-electron chi connectivity index (χ0n) is 16.1. The largest absolute Gasteiger partial charge is 0.492 e. The van der Waals surface area contributed by atoms with E-state index in [0.29, 0.717) is 30.3 Å². The summed E-state index contributed by atoms with van der Waals surface area (Å²) >= 11 is 0. The molecule has 8 nitrogen and oxygen atoms in total. The van der Waals surface area contributed by atoms with Crippen molar-refractivity contribution in [3.05, 3.63) is 48.5 Å². The number of rotatable bonds is 8. The zero-order chi connectivity index (χ0) is 20.6. The number of amides is 2. The third-order valence-electron chi connectivity index (χ3n) is 4.30. The van der Waals surface area contributed by atoms with Crippen LogP contribution in [0.5, 0.6) is 11.5 Å². The highest BCUT2D eigenvalue weighted by Crippen LogP contribution is 2.34. The van der Waals surface area contributed by atoms with Gasteiger partial charge in [-0.15, -0.1) is 0 Å². The van der Waals surface area contributed by atoms with E-state index >= 15 is 0 Å². The molecule has 152 valence electrons. The molecule has 0 spiro atoms. The molecule has 2 aromatic carbocycles. The molecular formula is C21H22N2O6. The number of esters is 1. The maximum atomic E-state index is 12.3. The molecule has 0 radical (unpaired) electrons. The fourth-order valence-corrected chi connectivity index (χ4v) is 2.84. The molecule has 0 saturated heterocycles. The Hall–Kier alpha value is -3.55. The van der Waals surface area contributed by atoms with Gasteiger partial charge in [-0.1, -0.05) is 18.2 Å². The number of anilines is 2.